The van der Waals surface area contributed by atoms with Crippen molar-refractivity contribution >= 4 is 27.3 Å². The number of rotatable bonds is 5. The molecule has 1 N–H and O–H groups in total. The highest BCUT2D eigenvalue weighted by molar-refractivity contribution is 7.92. The number of fused-ring (bicyclic) bond motifs is 1. The van der Waals surface area contributed by atoms with Gasteiger partial charge in [-0.3, -0.25) is 9.10 Å². The van der Waals surface area contributed by atoms with Gasteiger partial charge < -0.3 is 10.1 Å². The van der Waals surface area contributed by atoms with Crippen molar-refractivity contribution in [1.82, 2.24) is 0 Å². The Morgan fingerprint density at radius 3 is 2.81 bits per heavy atom. The molecular formula is C14H20N2O4S. The summed E-state index contributed by atoms with van der Waals surface area (Å²) in [4.78, 5) is 12.1. The topological polar surface area (TPSA) is 75.7 Å². The molecule has 0 fully saturated rings. The van der Waals surface area contributed by atoms with Crippen LogP contribution in [0.5, 0.6) is 0 Å². The Balaban J connectivity index is 2.25. The number of benzene rings is 1. The van der Waals surface area contributed by atoms with E-state index >= 15 is 0 Å². The first-order chi connectivity index (χ1) is 9.84. The normalized spacial score (nSPS) is 15.7. The number of hydrogen-bond acceptors (Lipinski definition) is 4. The van der Waals surface area contributed by atoms with Crippen LogP contribution in [0.1, 0.15) is 12.5 Å². The first-order valence-corrected chi connectivity index (χ1v) is 8.59. The third-order valence-electron chi connectivity index (χ3n) is 3.51. The average Bonchev–Trinajstić information content (AvgIpc) is 2.83. The van der Waals surface area contributed by atoms with Gasteiger partial charge in [-0.1, -0.05) is 13.0 Å². The van der Waals surface area contributed by atoms with E-state index in [2.05, 4.69) is 5.32 Å². The van der Waals surface area contributed by atoms with Crippen molar-refractivity contribution in [2.24, 2.45) is 5.92 Å². The van der Waals surface area contributed by atoms with Gasteiger partial charge >= 0.3 is 0 Å². The number of nitrogens with zero attached hydrogens (tertiary/aromatic N) is 1. The number of methoxy groups -OCH3 is 1. The van der Waals surface area contributed by atoms with E-state index in [1.54, 1.807) is 32.2 Å². The third-order valence-corrected chi connectivity index (χ3v) is 4.69. The second-order valence-corrected chi connectivity index (χ2v) is 7.14. The van der Waals surface area contributed by atoms with E-state index in [0.29, 0.717) is 30.9 Å². The van der Waals surface area contributed by atoms with Crippen LogP contribution in [0.3, 0.4) is 0 Å². The van der Waals surface area contributed by atoms with Crippen molar-refractivity contribution in [3.05, 3.63) is 23.8 Å². The molecule has 0 aromatic heterocycles. The number of sulfonamides is 1. The van der Waals surface area contributed by atoms with E-state index in [1.165, 1.54) is 10.6 Å². The zero-order valence-electron chi connectivity index (χ0n) is 12.4. The smallest absolute Gasteiger partial charge is 0.232 e. The van der Waals surface area contributed by atoms with E-state index in [-0.39, 0.29) is 11.8 Å². The lowest BCUT2D eigenvalue weighted by molar-refractivity contribution is -0.120. The Labute approximate surface area is 125 Å². The van der Waals surface area contributed by atoms with E-state index in [1.807, 2.05) is 0 Å². The molecule has 1 aliphatic heterocycles. The molecule has 6 nitrogen and oxygen atoms in total. The zero-order valence-corrected chi connectivity index (χ0v) is 13.2. The number of anilines is 2. The molecule has 7 heteroatoms. The van der Waals surface area contributed by atoms with Crippen LogP contribution in [0.2, 0.25) is 0 Å². The molecule has 0 saturated heterocycles. The van der Waals surface area contributed by atoms with Crippen LogP contribution in [0, 0.1) is 5.92 Å². The molecule has 1 amide bonds. The first-order valence-electron chi connectivity index (χ1n) is 6.74. The van der Waals surface area contributed by atoms with Crippen LogP contribution in [0.4, 0.5) is 11.4 Å². The van der Waals surface area contributed by atoms with Gasteiger partial charge in [-0.15, -0.1) is 0 Å². The summed E-state index contributed by atoms with van der Waals surface area (Å²) in [5.74, 6) is -0.402. The highest BCUT2D eigenvalue weighted by Crippen LogP contribution is 2.35. The molecule has 21 heavy (non-hydrogen) atoms. The van der Waals surface area contributed by atoms with Crippen molar-refractivity contribution in [3.63, 3.8) is 0 Å². The van der Waals surface area contributed by atoms with Crippen LogP contribution in [-0.4, -0.2) is 40.8 Å². The zero-order chi connectivity index (χ0) is 15.6. The Hall–Kier alpha value is -1.60. The lowest BCUT2D eigenvalue weighted by Crippen LogP contribution is -2.27. The van der Waals surface area contributed by atoms with Gasteiger partial charge in [0.15, 0.2) is 0 Å². The van der Waals surface area contributed by atoms with Gasteiger partial charge in [0.2, 0.25) is 15.9 Å². The third kappa shape index (κ3) is 3.36. The summed E-state index contributed by atoms with van der Waals surface area (Å²) in [5, 5.41) is 2.86. The van der Waals surface area contributed by atoms with Crippen molar-refractivity contribution < 1.29 is 17.9 Å². The van der Waals surface area contributed by atoms with Crippen molar-refractivity contribution in [1.29, 1.82) is 0 Å². The lowest BCUT2D eigenvalue weighted by atomic mass is 10.1. The highest BCUT2D eigenvalue weighted by atomic mass is 32.2. The quantitative estimate of drug-likeness (QED) is 0.887. The van der Waals surface area contributed by atoms with E-state index < -0.39 is 10.0 Å². The molecule has 1 aromatic carbocycles. The summed E-state index contributed by atoms with van der Waals surface area (Å²) in [5.41, 5.74) is 2.18. The highest BCUT2D eigenvalue weighted by Gasteiger charge is 2.28. The molecule has 1 heterocycles. The number of hydrogen-bond donors (Lipinski definition) is 1. The van der Waals surface area contributed by atoms with Crippen LogP contribution >= 0.6 is 0 Å². The summed E-state index contributed by atoms with van der Waals surface area (Å²) in [6, 6.07) is 5.30. The Bertz CT molecular complexity index is 642. The average molecular weight is 312 g/mol. The summed E-state index contributed by atoms with van der Waals surface area (Å²) < 4.78 is 29.8. The second kappa shape index (κ2) is 6.03. The fourth-order valence-corrected chi connectivity index (χ4v) is 3.40. The first kappa shape index (κ1) is 15.8. The predicted molar refractivity (Wildman–Crippen MR) is 82.0 cm³/mol. The molecule has 1 aromatic rings. The Morgan fingerprint density at radius 1 is 1.48 bits per heavy atom. The molecule has 1 atom stereocenters. The number of nitrogens with one attached hydrogen (secondary N) is 1. The molecule has 0 spiro atoms. The van der Waals surface area contributed by atoms with Gasteiger partial charge in [0.05, 0.1) is 24.5 Å². The lowest BCUT2D eigenvalue weighted by Gasteiger charge is -2.17. The second-order valence-electron chi connectivity index (χ2n) is 5.23. The molecule has 1 aliphatic rings. The van der Waals surface area contributed by atoms with E-state index in [4.69, 9.17) is 4.74 Å². The number of amides is 1. The fourth-order valence-electron chi connectivity index (χ4n) is 2.45. The molecular weight excluding hydrogens is 292 g/mol. The minimum atomic E-state index is -3.29. The fraction of sp³-hybridized carbons (Fsp3) is 0.500. The number of ether oxygens (including phenoxy) is 1. The monoisotopic (exact) mass is 312 g/mol. The van der Waals surface area contributed by atoms with Crippen LogP contribution < -0.4 is 9.62 Å². The van der Waals surface area contributed by atoms with E-state index in [0.717, 1.165) is 5.56 Å². The summed E-state index contributed by atoms with van der Waals surface area (Å²) in [7, 11) is -1.74. The molecule has 1 unspecified atom stereocenters. The summed E-state index contributed by atoms with van der Waals surface area (Å²) in [6.45, 7) is 2.54. The predicted octanol–water partition coefficient (Wildman–Crippen LogP) is 1.23. The van der Waals surface area contributed by atoms with Gasteiger partial charge in [0, 0.05) is 24.9 Å². The van der Waals surface area contributed by atoms with Crippen LogP contribution in [0.15, 0.2) is 18.2 Å². The van der Waals surface area contributed by atoms with Gasteiger partial charge in [-0.05, 0) is 18.6 Å². The standard InChI is InChI=1S/C14H20N2O4S/c1-10(9-20-2)14(17)15-12-5-4-6-13-11(12)7-8-16(13)21(3,18)19/h4-6,10H,7-9H2,1-3H3,(H,15,17). The minimum Gasteiger partial charge on any atom is -0.384 e. The molecule has 0 aliphatic carbocycles. The van der Waals surface area contributed by atoms with Gasteiger partial charge in [0.1, 0.15) is 0 Å². The van der Waals surface area contributed by atoms with Gasteiger partial charge in [-0.25, -0.2) is 8.42 Å². The van der Waals surface area contributed by atoms with Crippen molar-refractivity contribution in [2.75, 3.05) is 36.1 Å². The summed E-state index contributed by atoms with van der Waals surface area (Å²) in [6.07, 6.45) is 1.78. The largest absolute Gasteiger partial charge is 0.384 e. The maximum absolute atomic E-state index is 12.1. The van der Waals surface area contributed by atoms with Crippen LogP contribution in [0.25, 0.3) is 0 Å². The number of carbonyl (C=O) groups excluding carboxylic acids is 1. The molecule has 0 bridgehead atoms. The maximum atomic E-state index is 12.1. The van der Waals surface area contributed by atoms with Gasteiger partial charge in [-0.2, -0.15) is 0 Å². The number of carbonyl (C=O) groups is 1. The Morgan fingerprint density at radius 2 is 2.19 bits per heavy atom. The minimum absolute atomic E-state index is 0.136. The molecule has 2 rings (SSSR count). The SMILES string of the molecule is COCC(C)C(=O)Nc1cccc2c1CCN2S(C)(=O)=O. The van der Waals surface area contributed by atoms with Crippen molar-refractivity contribution in [3.8, 4) is 0 Å². The Kier molecular flexibility index (Phi) is 4.53. The van der Waals surface area contributed by atoms with Gasteiger partial charge in [0.25, 0.3) is 0 Å². The molecule has 0 radical (unpaired) electrons. The molecule has 116 valence electrons. The van der Waals surface area contributed by atoms with E-state index in [9.17, 15) is 13.2 Å². The van der Waals surface area contributed by atoms with Crippen molar-refractivity contribution in [2.45, 2.75) is 13.3 Å². The van der Waals surface area contributed by atoms with Crippen LogP contribution in [-0.2, 0) is 26.0 Å². The molecule has 0 saturated carbocycles. The maximum Gasteiger partial charge on any atom is 0.232 e. The summed E-state index contributed by atoms with van der Waals surface area (Å²) >= 11 is 0.